The monoisotopic (exact) mass is 320 g/mol. The van der Waals surface area contributed by atoms with Crippen LogP contribution in [0.1, 0.15) is 11.3 Å². The average Bonchev–Trinajstić information content (AvgIpc) is 3.02. The molecule has 4 heteroatoms. The zero-order valence-electron chi connectivity index (χ0n) is 12.1. The second kappa shape index (κ2) is 6.43. The van der Waals surface area contributed by atoms with Gasteiger partial charge in [-0.1, -0.05) is 29.8 Å². The highest BCUT2D eigenvalue weighted by molar-refractivity contribution is 6.32. The van der Waals surface area contributed by atoms with Crippen molar-refractivity contribution >= 4 is 23.3 Å². The van der Waals surface area contributed by atoms with E-state index in [4.69, 9.17) is 11.6 Å². The number of rotatable bonds is 3. The molecule has 0 bridgehead atoms. The first kappa shape index (κ1) is 15.0. The molecule has 0 unspecified atom stereocenters. The van der Waals surface area contributed by atoms with Crippen LogP contribution in [-0.4, -0.2) is 9.67 Å². The molecular formula is C19H13ClN2O. The zero-order valence-corrected chi connectivity index (χ0v) is 12.9. The largest absolute Gasteiger partial charge is 0.508 e. The van der Waals surface area contributed by atoms with Crippen molar-refractivity contribution in [1.29, 1.82) is 5.26 Å². The lowest BCUT2D eigenvalue weighted by molar-refractivity contribution is 0.475. The molecule has 0 saturated carbocycles. The molecule has 0 aliphatic rings. The van der Waals surface area contributed by atoms with Gasteiger partial charge < -0.3 is 9.67 Å². The number of allylic oxidation sites excluding steroid dienone is 1. The fourth-order valence-electron chi connectivity index (χ4n) is 2.36. The quantitative estimate of drug-likeness (QED) is 0.698. The summed E-state index contributed by atoms with van der Waals surface area (Å²) >= 11 is 6.19. The van der Waals surface area contributed by atoms with Crippen LogP contribution in [0.5, 0.6) is 5.75 Å². The van der Waals surface area contributed by atoms with Gasteiger partial charge >= 0.3 is 0 Å². The fourth-order valence-corrected chi connectivity index (χ4v) is 2.60. The van der Waals surface area contributed by atoms with E-state index in [1.807, 2.05) is 53.2 Å². The zero-order chi connectivity index (χ0) is 16.2. The number of halogens is 1. The Hall–Kier alpha value is -2.96. The fraction of sp³-hybridized carbons (Fsp3) is 0. The van der Waals surface area contributed by atoms with E-state index in [-0.39, 0.29) is 5.75 Å². The minimum Gasteiger partial charge on any atom is -0.508 e. The van der Waals surface area contributed by atoms with E-state index in [0.29, 0.717) is 16.2 Å². The average molecular weight is 321 g/mol. The van der Waals surface area contributed by atoms with Crippen molar-refractivity contribution < 1.29 is 5.11 Å². The van der Waals surface area contributed by atoms with Crippen LogP contribution >= 0.6 is 11.6 Å². The van der Waals surface area contributed by atoms with Crippen molar-refractivity contribution in [2.75, 3.05) is 0 Å². The van der Waals surface area contributed by atoms with Gasteiger partial charge in [-0.3, -0.25) is 0 Å². The summed E-state index contributed by atoms with van der Waals surface area (Å²) in [7, 11) is 0. The number of phenolic OH excluding ortho intramolecular Hbond substituents is 1. The molecule has 0 atom stereocenters. The highest BCUT2D eigenvalue weighted by Gasteiger charge is 2.08. The summed E-state index contributed by atoms with van der Waals surface area (Å²) in [5.41, 5.74) is 2.95. The summed E-state index contributed by atoms with van der Waals surface area (Å²) in [6, 6.07) is 20.2. The second-order valence-corrected chi connectivity index (χ2v) is 5.38. The number of nitriles is 1. The van der Waals surface area contributed by atoms with Gasteiger partial charge in [0.25, 0.3) is 0 Å². The van der Waals surface area contributed by atoms with E-state index in [1.54, 1.807) is 24.3 Å². The lowest BCUT2D eigenvalue weighted by Gasteiger charge is -2.08. The Labute approximate surface area is 139 Å². The molecular weight excluding hydrogens is 308 g/mol. The molecule has 0 saturated heterocycles. The summed E-state index contributed by atoms with van der Waals surface area (Å²) in [4.78, 5) is 0. The van der Waals surface area contributed by atoms with Gasteiger partial charge in [0.05, 0.1) is 11.6 Å². The first-order valence-electron chi connectivity index (χ1n) is 7.02. The summed E-state index contributed by atoms with van der Waals surface area (Å²) in [5.74, 6) is 0.215. The van der Waals surface area contributed by atoms with Crippen LogP contribution in [0.2, 0.25) is 5.02 Å². The number of benzene rings is 2. The predicted molar refractivity (Wildman–Crippen MR) is 92.4 cm³/mol. The molecule has 112 valence electrons. The highest BCUT2D eigenvalue weighted by Crippen LogP contribution is 2.26. The van der Waals surface area contributed by atoms with Crippen molar-refractivity contribution in [3.63, 3.8) is 0 Å². The summed E-state index contributed by atoms with van der Waals surface area (Å²) < 4.78 is 1.94. The molecule has 0 aliphatic heterocycles. The van der Waals surface area contributed by atoms with Crippen molar-refractivity contribution in [1.82, 2.24) is 4.57 Å². The summed E-state index contributed by atoms with van der Waals surface area (Å²) in [6.07, 6.45) is 3.70. The summed E-state index contributed by atoms with van der Waals surface area (Å²) in [5, 5.41) is 19.4. The van der Waals surface area contributed by atoms with Gasteiger partial charge in [0.2, 0.25) is 0 Å². The van der Waals surface area contributed by atoms with Gasteiger partial charge in [-0.15, -0.1) is 0 Å². The number of aromatic hydroxyl groups is 1. The van der Waals surface area contributed by atoms with Gasteiger partial charge in [0, 0.05) is 28.2 Å². The molecule has 0 fully saturated rings. The molecule has 1 aromatic heterocycles. The van der Waals surface area contributed by atoms with E-state index in [9.17, 15) is 10.4 Å². The van der Waals surface area contributed by atoms with Gasteiger partial charge in [-0.2, -0.15) is 5.26 Å². The van der Waals surface area contributed by atoms with Crippen LogP contribution in [0.15, 0.2) is 66.9 Å². The van der Waals surface area contributed by atoms with E-state index >= 15 is 0 Å². The maximum Gasteiger partial charge on any atom is 0.115 e. The van der Waals surface area contributed by atoms with Crippen LogP contribution < -0.4 is 0 Å². The van der Waals surface area contributed by atoms with Crippen LogP contribution in [0.3, 0.4) is 0 Å². The molecule has 3 nitrogen and oxygen atoms in total. The van der Waals surface area contributed by atoms with E-state index < -0.39 is 0 Å². The molecule has 23 heavy (non-hydrogen) atoms. The molecule has 0 amide bonds. The third-order valence-corrected chi connectivity index (χ3v) is 3.81. The van der Waals surface area contributed by atoms with E-state index in [1.165, 1.54) is 0 Å². The SMILES string of the molecule is N#CC(=Cc1cccn1-c1ccc(O)cc1)c1ccccc1Cl. The van der Waals surface area contributed by atoms with Crippen LogP contribution in [0, 0.1) is 11.3 Å². The van der Waals surface area contributed by atoms with Crippen molar-refractivity contribution in [3.8, 4) is 17.5 Å². The third kappa shape index (κ3) is 3.13. The molecule has 0 spiro atoms. The van der Waals surface area contributed by atoms with E-state index in [2.05, 4.69) is 6.07 Å². The molecule has 2 aromatic carbocycles. The van der Waals surface area contributed by atoms with Gasteiger partial charge in [0.15, 0.2) is 0 Å². The first-order valence-corrected chi connectivity index (χ1v) is 7.40. The Morgan fingerprint density at radius 3 is 2.48 bits per heavy atom. The first-order chi connectivity index (χ1) is 11.2. The molecule has 3 rings (SSSR count). The minimum absolute atomic E-state index is 0.215. The Balaban J connectivity index is 2.06. The smallest absolute Gasteiger partial charge is 0.115 e. The number of nitrogens with zero attached hydrogens (tertiary/aromatic N) is 2. The Bertz CT molecular complexity index is 902. The highest BCUT2D eigenvalue weighted by atomic mass is 35.5. The molecule has 0 radical (unpaired) electrons. The molecule has 1 N–H and O–H groups in total. The lowest BCUT2D eigenvalue weighted by Crippen LogP contribution is -1.95. The van der Waals surface area contributed by atoms with Crippen LogP contribution in [0.25, 0.3) is 17.3 Å². The van der Waals surface area contributed by atoms with Crippen molar-refractivity contribution in [3.05, 3.63) is 83.1 Å². The Morgan fingerprint density at radius 1 is 1.04 bits per heavy atom. The molecule has 3 aromatic rings. The van der Waals surface area contributed by atoms with Crippen LogP contribution in [0.4, 0.5) is 0 Å². The maximum absolute atomic E-state index is 9.48. The lowest BCUT2D eigenvalue weighted by atomic mass is 10.1. The van der Waals surface area contributed by atoms with Gasteiger partial charge in [-0.25, -0.2) is 0 Å². The van der Waals surface area contributed by atoms with Gasteiger partial charge in [0.1, 0.15) is 5.75 Å². The number of phenols is 1. The standard InChI is InChI=1S/C19H13ClN2O/c20-19-6-2-1-5-18(19)14(13-21)12-16-4-3-11-22(16)15-7-9-17(23)10-8-15/h1-12,23H. The van der Waals surface area contributed by atoms with Gasteiger partial charge in [-0.05, 0) is 48.5 Å². The van der Waals surface area contributed by atoms with Crippen LogP contribution in [-0.2, 0) is 0 Å². The number of hydrogen-bond acceptors (Lipinski definition) is 2. The normalized spacial score (nSPS) is 11.2. The third-order valence-electron chi connectivity index (χ3n) is 3.48. The molecule has 0 aliphatic carbocycles. The Morgan fingerprint density at radius 2 is 1.78 bits per heavy atom. The second-order valence-electron chi connectivity index (χ2n) is 4.97. The van der Waals surface area contributed by atoms with Crippen molar-refractivity contribution in [2.24, 2.45) is 0 Å². The predicted octanol–water partition coefficient (Wildman–Crippen LogP) is 4.90. The minimum atomic E-state index is 0.215. The number of hydrogen-bond donors (Lipinski definition) is 1. The maximum atomic E-state index is 9.48. The molecule has 1 heterocycles. The number of aromatic nitrogens is 1. The topological polar surface area (TPSA) is 49.0 Å². The van der Waals surface area contributed by atoms with Crippen molar-refractivity contribution in [2.45, 2.75) is 0 Å². The van der Waals surface area contributed by atoms with E-state index in [0.717, 1.165) is 11.4 Å². The Kier molecular flexibility index (Phi) is 4.18. The summed E-state index contributed by atoms with van der Waals surface area (Å²) in [6.45, 7) is 0.